The summed E-state index contributed by atoms with van der Waals surface area (Å²) in [6, 6.07) is 0. The fraction of sp³-hybridized carbons (Fsp3) is 0.444. The second-order valence-corrected chi connectivity index (χ2v) is 3.04. The lowest BCUT2D eigenvalue weighted by molar-refractivity contribution is -0.104. The van der Waals surface area contributed by atoms with Gasteiger partial charge in [0.2, 0.25) is 0 Å². The molecule has 0 radical (unpaired) electrons. The minimum absolute atomic E-state index is 0.644. The third kappa shape index (κ3) is 7.00. The minimum Gasteiger partial charge on any atom is -0.386 e. The lowest BCUT2D eigenvalue weighted by Gasteiger charge is -2.08. The lowest BCUT2D eigenvalue weighted by Crippen LogP contribution is -2.13. The van der Waals surface area contributed by atoms with Crippen LogP contribution in [0.25, 0.3) is 0 Å². The number of allylic oxidation sites excluding steroid dienone is 3. The van der Waals surface area contributed by atoms with Crippen LogP contribution in [0.15, 0.2) is 23.8 Å². The van der Waals surface area contributed by atoms with Crippen LogP contribution in [-0.4, -0.2) is 17.0 Å². The van der Waals surface area contributed by atoms with E-state index in [0.717, 1.165) is 6.29 Å². The third-order valence-corrected chi connectivity index (χ3v) is 1.05. The van der Waals surface area contributed by atoms with Gasteiger partial charge in [0.25, 0.3) is 0 Å². The second kappa shape index (κ2) is 4.09. The molecule has 0 rings (SSSR count). The van der Waals surface area contributed by atoms with Crippen molar-refractivity contribution in [3.63, 3.8) is 0 Å². The van der Waals surface area contributed by atoms with Gasteiger partial charge in [0, 0.05) is 0 Å². The van der Waals surface area contributed by atoms with E-state index in [0.29, 0.717) is 5.57 Å². The summed E-state index contributed by atoms with van der Waals surface area (Å²) in [4.78, 5) is 10.1. The maximum atomic E-state index is 10.1. The first-order valence-corrected chi connectivity index (χ1v) is 3.49. The summed E-state index contributed by atoms with van der Waals surface area (Å²) in [5.74, 6) is 0. The van der Waals surface area contributed by atoms with Crippen LogP contribution in [0.1, 0.15) is 20.8 Å². The predicted octanol–water partition coefficient (Wildman–Crippen LogP) is 1.46. The van der Waals surface area contributed by atoms with E-state index in [1.54, 1.807) is 39.0 Å². The standard InChI is InChI=1S/C9H14O2/c1-8(7-10)5-4-6-9(2,3)11/h4-7,11H,1-3H3/b6-4+,8-5+. The van der Waals surface area contributed by atoms with Crippen molar-refractivity contribution in [3.8, 4) is 0 Å². The number of carbonyl (C=O) groups is 1. The van der Waals surface area contributed by atoms with Crippen LogP contribution in [0.4, 0.5) is 0 Å². The highest BCUT2D eigenvalue weighted by molar-refractivity contribution is 5.72. The van der Waals surface area contributed by atoms with Gasteiger partial charge in [-0.05, 0) is 26.3 Å². The van der Waals surface area contributed by atoms with Gasteiger partial charge in [-0.1, -0.05) is 18.2 Å². The first-order valence-electron chi connectivity index (χ1n) is 3.49. The molecule has 0 heterocycles. The molecule has 0 fully saturated rings. The van der Waals surface area contributed by atoms with E-state index in [1.807, 2.05) is 0 Å². The van der Waals surface area contributed by atoms with E-state index in [4.69, 9.17) is 0 Å². The largest absolute Gasteiger partial charge is 0.386 e. The molecule has 0 aliphatic rings. The summed E-state index contributed by atoms with van der Waals surface area (Å²) >= 11 is 0. The van der Waals surface area contributed by atoms with Crippen molar-refractivity contribution in [2.24, 2.45) is 0 Å². The van der Waals surface area contributed by atoms with E-state index < -0.39 is 5.60 Å². The van der Waals surface area contributed by atoms with Gasteiger partial charge >= 0.3 is 0 Å². The van der Waals surface area contributed by atoms with E-state index in [1.165, 1.54) is 0 Å². The molecule has 0 aliphatic heterocycles. The Hall–Kier alpha value is -0.890. The Kier molecular flexibility index (Phi) is 3.76. The molecule has 0 saturated heterocycles. The van der Waals surface area contributed by atoms with Gasteiger partial charge in [-0.3, -0.25) is 4.79 Å². The van der Waals surface area contributed by atoms with Crippen molar-refractivity contribution in [2.75, 3.05) is 0 Å². The average molecular weight is 154 g/mol. The zero-order valence-corrected chi connectivity index (χ0v) is 7.16. The Balaban J connectivity index is 4.06. The molecule has 2 heteroatoms. The van der Waals surface area contributed by atoms with Crippen molar-refractivity contribution >= 4 is 6.29 Å². The van der Waals surface area contributed by atoms with Gasteiger partial charge in [0.05, 0.1) is 5.60 Å². The molecule has 1 N–H and O–H groups in total. The smallest absolute Gasteiger partial charge is 0.145 e. The van der Waals surface area contributed by atoms with Crippen molar-refractivity contribution < 1.29 is 9.90 Å². The molecule has 0 amide bonds. The minimum atomic E-state index is -0.806. The number of hydrogen-bond acceptors (Lipinski definition) is 2. The normalized spacial score (nSPS) is 14.0. The van der Waals surface area contributed by atoms with Crippen molar-refractivity contribution in [1.82, 2.24) is 0 Å². The van der Waals surface area contributed by atoms with E-state index >= 15 is 0 Å². The Morgan fingerprint density at radius 3 is 2.36 bits per heavy atom. The molecule has 0 saturated carbocycles. The number of hydrogen-bond donors (Lipinski definition) is 1. The third-order valence-electron chi connectivity index (χ3n) is 1.05. The molecular formula is C9H14O2. The zero-order valence-electron chi connectivity index (χ0n) is 7.16. The molecule has 0 aromatic rings. The maximum Gasteiger partial charge on any atom is 0.145 e. The quantitative estimate of drug-likeness (QED) is 0.379. The Labute approximate surface area is 67.2 Å². The molecule has 62 valence electrons. The molecule has 2 nitrogen and oxygen atoms in total. The topological polar surface area (TPSA) is 37.3 Å². The van der Waals surface area contributed by atoms with E-state index in [9.17, 15) is 9.90 Å². The molecule has 0 spiro atoms. The number of rotatable bonds is 3. The Bertz CT molecular complexity index is 182. The van der Waals surface area contributed by atoms with E-state index in [-0.39, 0.29) is 0 Å². The van der Waals surface area contributed by atoms with Crippen molar-refractivity contribution in [3.05, 3.63) is 23.8 Å². The summed E-state index contributed by atoms with van der Waals surface area (Å²) in [5.41, 5.74) is -0.162. The van der Waals surface area contributed by atoms with Gasteiger partial charge < -0.3 is 5.11 Å². The Morgan fingerprint density at radius 2 is 2.00 bits per heavy atom. The second-order valence-electron chi connectivity index (χ2n) is 3.04. The molecule has 0 unspecified atom stereocenters. The fourth-order valence-corrected chi connectivity index (χ4v) is 0.475. The Morgan fingerprint density at radius 1 is 1.45 bits per heavy atom. The first kappa shape index (κ1) is 10.1. The summed E-state index contributed by atoms with van der Waals surface area (Å²) < 4.78 is 0. The highest BCUT2D eigenvalue weighted by Gasteiger charge is 2.04. The van der Waals surface area contributed by atoms with Crippen molar-refractivity contribution in [2.45, 2.75) is 26.4 Å². The van der Waals surface area contributed by atoms with Gasteiger partial charge in [-0.15, -0.1) is 0 Å². The average Bonchev–Trinajstić information content (AvgIpc) is 1.85. The highest BCUT2D eigenvalue weighted by atomic mass is 16.3. The molecule has 0 aromatic heterocycles. The summed E-state index contributed by atoms with van der Waals surface area (Å²) in [7, 11) is 0. The fourth-order valence-electron chi connectivity index (χ4n) is 0.475. The van der Waals surface area contributed by atoms with Crippen LogP contribution in [0, 0.1) is 0 Å². The van der Waals surface area contributed by atoms with E-state index in [2.05, 4.69) is 0 Å². The van der Waals surface area contributed by atoms with Crippen LogP contribution < -0.4 is 0 Å². The van der Waals surface area contributed by atoms with Crippen LogP contribution in [0.3, 0.4) is 0 Å². The zero-order chi connectivity index (χ0) is 8.91. The maximum absolute atomic E-state index is 10.1. The van der Waals surface area contributed by atoms with Crippen LogP contribution in [-0.2, 0) is 4.79 Å². The number of carbonyl (C=O) groups excluding carboxylic acids is 1. The summed E-state index contributed by atoms with van der Waals surface area (Å²) in [6.45, 7) is 5.06. The molecular weight excluding hydrogens is 140 g/mol. The van der Waals surface area contributed by atoms with Crippen LogP contribution in [0.5, 0.6) is 0 Å². The molecule has 11 heavy (non-hydrogen) atoms. The summed E-state index contributed by atoms with van der Waals surface area (Å²) in [5, 5.41) is 9.20. The van der Waals surface area contributed by atoms with Crippen LogP contribution >= 0.6 is 0 Å². The van der Waals surface area contributed by atoms with Crippen LogP contribution in [0.2, 0.25) is 0 Å². The highest BCUT2D eigenvalue weighted by Crippen LogP contribution is 2.02. The monoisotopic (exact) mass is 154 g/mol. The molecule has 0 atom stereocenters. The predicted molar refractivity (Wildman–Crippen MR) is 45.3 cm³/mol. The number of aliphatic hydroxyl groups is 1. The van der Waals surface area contributed by atoms with Gasteiger partial charge in [0.15, 0.2) is 0 Å². The molecule has 0 aliphatic carbocycles. The van der Waals surface area contributed by atoms with Gasteiger partial charge in [-0.25, -0.2) is 0 Å². The first-order chi connectivity index (χ1) is 4.95. The van der Waals surface area contributed by atoms with Gasteiger partial charge in [-0.2, -0.15) is 0 Å². The summed E-state index contributed by atoms with van der Waals surface area (Å²) in [6.07, 6.45) is 5.73. The lowest BCUT2D eigenvalue weighted by atomic mass is 10.1. The SMILES string of the molecule is C/C(C=O)=C\C=C\C(C)(C)O. The number of aldehydes is 1. The van der Waals surface area contributed by atoms with Gasteiger partial charge in [0.1, 0.15) is 6.29 Å². The molecule has 0 bridgehead atoms. The molecule has 0 aromatic carbocycles. The van der Waals surface area contributed by atoms with Crippen molar-refractivity contribution in [1.29, 1.82) is 0 Å².